The summed E-state index contributed by atoms with van der Waals surface area (Å²) in [6.45, 7) is 3.86. The first-order valence-corrected chi connectivity index (χ1v) is 6.76. The molecule has 3 heteroatoms. The van der Waals surface area contributed by atoms with Crippen molar-refractivity contribution in [3.63, 3.8) is 0 Å². The Balaban J connectivity index is 2.04. The fraction of sp³-hybridized carbons (Fsp3) is 0.643. The first-order chi connectivity index (χ1) is 8.31. The van der Waals surface area contributed by atoms with Crippen molar-refractivity contribution >= 4 is 0 Å². The molecule has 1 aliphatic rings. The molecule has 2 N–H and O–H groups in total. The van der Waals surface area contributed by atoms with E-state index in [9.17, 15) is 4.79 Å². The number of hydrogen-bond acceptors (Lipinski definition) is 2. The molecule has 0 fully saturated rings. The zero-order valence-electron chi connectivity index (χ0n) is 10.6. The SMILES string of the molecule is CCCCNCc1cc2c([nH]c1=O)CCCC2. The Hall–Kier alpha value is -1.09. The molecule has 1 aliphatic carbocycles. The monoisotopic (exact) mass is 234 g/mol. The van der Waals surface area contributed by atoms with E-state index in [4.69, 9.17) is 0 Å². The second-order valence-corrected chi connectivity index (χ2v) is 4.86. The summed E-state index contributed by atoms with van der Waals surface area (Å²) in [4.78, 5) is 14.9. The lowest BCUT2D eigenvalue weighted by Gasteiger charge is -2.16. The topological polar surface area (TPSA) is 44.9 Å². The smallest absolute Gasteiger partial charge is 0.252 e. The Morgan fingerprint density at radius 2 is 2.18 bits per heavy atom. The van der Waals surface area contributed by atoms with E-state index >= 15 is 0 Å². The van der Waals surface area contributed by atoms with E-state index in [2.05, 4.69) is 23.3 Å². The standard InChI is InChI=1S/C14H22N2O/c1-2-3-8-15-10-12-9-11-6-4-5-7-13(11)16-14(12)17/h9,15H,2-8,10H2,1H3,(H,16,17). The van der Waals surface area contributed by atoms with Gasteiger partial charge in [0.05, 0.1) is 0 Å². The van der Waals surface area contributed by atoms with Gasteiger partial charge in [-0.25, -0.2) is 0 Å². The highest BCUT2D eigenvalue weighted by Gasteiger charge is 2.12. The van der Waals surface area contributed by atoms with E-state index in [0.29, 0.717) is 6.54 Å². The molecule has 1 heterocycles. The second kappa shape index (κ2) is 6.01. The molecule has 3 nitrogen and oxygen atoms in total. The maximum Gasteiger partial charge on any atom is 0.252 e. The van der Waals surface area contributed by atoms with E-state index < -0.39 is 0 Å². The van der Waals surface area contributed by atoms with Crippen LogP contribution in [0.2, 0.25) is 0 Å². The molecule has 1 aromatic rings. The largest absolute Gasteiger partial charge is 0.326 e. The van der Waals surface area contributed by atoms with Crippen LogP contribution in [0.15, 0.2) is 10.9 Å². The van der Waals surface area contributed by atoms with Gasteiger partial charge in [0.15, 0.2) is 0 Å². The van der Waals surface area contributed by atoms with Gasteiger partial charge in [-0.1, -0.05) is 13.3 Å². The normalized spacial score (nSPS) is 14.6. The van der Waals surface area contributed by atoms with Crippen LogP contribution >= 0.6 is 0 Å². The summed E-state index contributed by atoms with van der Waals surface area (Å²) in [5, 5.41) is 3.33. The predicted molar refractivity (Wildman–Crippen MR) is 70.3 cm³/mol. The molecule has 0 amide bonds. The van der Waals surface area contributed by atoms with Crippen molar-refractivity contribution in [1.29, 1.82) is 0 Å². The summed E-state index contributed by atoms with van der Waals surface area (Å²) in [7, 11) is 0. The van der Waals surface area contributed by atoms with Crippen molar-refractivity contribution in [1.82, 2.24) is 10.3 Å². The molecule has 0 saturated carbocycles. The molecule has 0 aliphatic heterocycles. The molecular formula is C14H22N2O. The van der Waals surface area contributed by atoms with Crippen LogP contribution in [0.3, 0.4) is 0 Å². The van der Waals surface area contributed by atoms with Gasteiger partial charge in [0.2, 0.25) is 0 Å². The first kappa shape index (κ1) is 12.4. The van der Waals surface area contributed by atoms with E-state index in [1.165, 1.54) is 36.9 Å². The van der Waals surface area contributed by atoms with Crippen LogP contribution in [0.25, 0.3) is 0 Å². The number of aromatic nitrogens is 1. The van der Waals surface area contributed by atoms with Gasteiger partial charge < -0.3 is 10.3 Å². The van der Waals surface area contributed by atoms with Gasteiger partial charge >= 0.3 is 0 Å². The zero-order chi connectivity index (χ0) is 12.1. The number of aryl methyl sites for hydroxylation is 2. The molecule has 0 aromatic carbocycles. The van der Waals surface area contributed by atoms with E-state index in [1.807, 2.05) is 0 Å². The van der Waals surface area contributed by atoms with Crippen LogP contribution in [0.4, 0.5) is 0 Å². The molecule has 0 spiro atoms. The molecule has 17 heavy (non-hydrogen) atoms. The molecule has 94 valence electrons. The lowest BCUT2D eigenvalue weighted by Crippen LogP contribution is -2.24. The molecule has 0 saturated heterocycles. The number of fused-ring (bicyclic) bond motifs is 1. The lowest BCUT2D eigenvalue weighted by molar-refractivity contribution is 0.628. The minimum Gasteiger partial charge on any atom is -0.326 e. The Kier molecular flexibility index (Phi) is 4.37. The van der Waals surface area contributed by atoms with Crippen molar-refractivity contribution in [2.75, 3.05) is 6.54 Å². The van der Waals surface area contributed by atoms with Crippen LogP contribution in [-0.4, -0.2) is 11.5 Å². The van der Waals surface area contributed by atoms with Crippen LogP contribution in [0.1, 0.15) is 49.4 Å². The highest BCUT2D eigenvalue weighted by Crippen LogP contribution is 2.18. The van der Waals surface area contributed by atoms with Gasteiger partial charge in [-0.2, -0.15) is 0 Å². The maximum atomic E-state index is 11.9. The van der Waals surface area contributed by atoms with Crippen molar-refractivity contribution in [3.05, 3.63) is 33.2 Å². The number of unbranched alkanes of at least 4 members (excludes halogenated alkanes) is 1. The average molecular weight is 234 g/mol. The summed E-state index contributed by atoms with van der Waals surface area (Å²) in [5.41, 5.74) is 3.50. The van der Waals surface area contributed by atoms with Crippen LogP contribution in [-0.2, 0) is 19.4 Å². The van der Waals surface area contributed by atoms with Gasteiger partial charge in [0, 0.05) is 17.8 Å². The summed E-state index contributed by atoms with van der Waals surface area (Å²) >= 11 is 0. The van der Waals surface area contributed by atoms with Gasteiger partial charge in [0.25, 0.3) is 5.56 Å². The highest BCUT2D eigenvalue weighted by atomic mass is 16.1. The first-order valence-electron chi connectivity index (χ1n) is 6.76. The van der Waals surface area contributed by atoms with Gasteiger partial charge in [-0.15, -0.1) is 0 Å². The van der Waals surface area contributed by atoms with Gasteiger partial charge in [0.1, 0.15) is 0 Å². The Morgan fingerprint density at radius 1 is 1.35 bits per heavy atom. The minimum absolute atomic E-state index is 0.0923. The molecule has 0 atom stereocenters. The van der Waals surface area contributed by atoms with Gasteiger partial charge in [-0.3, -0.25) is 4.79 Å². The number of pyridine rings is 1. The van der Waals surface area contributed by atoms with Crippen LogP contribution in [0, 0.1) is 0 Å². The predicted octanol–water partition coefficient (Wildman–Crippen LogP) is 2.14. The minimum atomic E-state index is 0.0923. The van der Waals surface area contributed by atoms with Crippen molar-refractivity contribution < 1.29 is 0 Å². The Bertz CT molecular complexity index is 423. The molecule has 0 radical (unpaired) electrons. The molecule has 0 bridgehead atoms. The summed E-state index contributed by atoms with van der Waals surface area (Å²) in [6.07, 6.45) is 6.97. The lowest BCUT2D eigenvalue weighted by atomic mass is 9.95. The summed E-state index contributed by atoms with van der Waals surface area (Å²) in [6, 6.07) is 2.10. The van der Waals surface area contributed by atoms with Crippen molar-refractivity contribution in [2.24, 2.45) is 0 Å². The zero-order valence-corrected chi connectivity index (χ0v) is 10.6. The third kappa shape index (κ3) is 3.19. The Labute approximate surface area is 103 Å². The van der Waals surface area contributed by atoms with Crippen molar-refractivity contribution in [3.8, 4) is 0 Å². The van der Waals surface area contributed by atoms with Crippen LogP contribution < -0.4 is 10.9 Å². The molecule has 2 rings (SSSR count). The number of hydrogen-bond donors (Lipinski definition) is 2. The highest BCUT2D eigenvalue weighted by molar-refractivity contribution is 5.27. The third-order valence-electron chi connectivity index (χ3n) is 3.44. The van der Waals surface area contributed by atoms with E-state index in [1.54, 1.807) is 0 Å². The molecule has 0 unspecified atom stereocenters. The number of nitrogens with one attached hydrogen (secondary N) is 2. The molecule has 1 aromatic heterocycles. The number of H-pyrrole nitrogens is 1. The quantitative estimate of drug-likeness (QED) is 0.767. The third-order valence-corrected chi connectivity index (χ3v) is 3.44. The number of rotatable bonds is 5. The number of aromatic amines is 1. The van der Waals surface area contributed by atoms with Crippen molar-refractivity contribution in [2.45, 2.75) is 52.0 Å². The maximum absolute atomic E-state index is 11.9. The summed E-state index contributed by atoms with van der Waals surface area (Å²) < 4.78 is 0. The van der Waals surface area contributed by atoms with E-state index in [0.717, 1.165) is 24.9 Å². The molecular weight excluding hydrogens is 212 g/mol. The second-order valence-electron chi connectivity index (χ2n) is 4.86. The average Bonchev–Trinajstić information content (AvgIpc) is 2.35. The Morgan fingerprint density at radius 3 is 3.00 bits per heavy atom. The fourth-order valence-corrected chi connectivity index (χ4v) is 2.38. The summed E-state index contributed by atoms with van der Waals surface area (Å²) in [5.74, 6) is 0. The van der Waals surface area contributed by atoms with E-state index in [-0.39, 0.29) is 5.56 Å². The van der Waals surface area contributed by atoms with Gasteiger partial charge in [-0.05, 0) is 50.3 Å². The fourth-order valence-electron chi connectivity index (χ4n) is 2.38. The van der Waals surface area contributed by atoms with Crippen LogP contribution in [0.5, 0.6) is 0 Å².